The van der Waals surface area contributed by atoms with Crippen LogP contribution in [0.25, 0.3) is 17.4 Å². The Labute approximate surface area is 192 Å². The molecular weight excluding hydrogens is 463 g/mol. The van der Waals surface area contributed by atoms with Gasteiger partial charge in [0.15, 0.2) is 0 Å². The summed E-state index contributed by atoms with van der Waals surface area (Å²) in [6.07, 6.45) is 1.26. The van der Waals surface area contributed by atoms with Gasteiger partial charge in [-0.25, -0.2) is 9.69 Å². The van der Waals surface area contributed by atoms with Gasteiger partial charge < -0.3 is 4.42 Å². The summed E-state index contributed by atoms with van der Waals surface area (Å²) in [5, 5.41) is 3.41. The van der Waals surface area contributed by atoms with Crippen molar-refractivity contribution in [2.45, 2.75) is 6.92 Å². The molecule has 0 unspecified atom stereocenters. The highest BCUT2D eigenvalue weighted by molar-refractivity contribution is 6.39. The van der Waals surface area contributed by atoms with Crippen molar-refractivity contribution in [1.29, 1.82) is 0 Å². The van der Waals surface area contributed by atoms with E-state index in [4.69, 9.17) is 39.2 Å². The molecule has 1 aliphatic rings. The Morgan fingerprint density at radius 3 is 2.42 bits per heavy atom. The van der Waals surface area contributed by atoms with Crippen LogP contribution in [0.1, 0.15) is 11.3 Å². The monoisotopic (exact) mass is 474 g/mol. The fraction of sp³-hybridized carbons (Fsp3) is 0.0455. The number of hydrogen-bond acceptors (Lipinski definition) is 4. The third-order valence-electron chi connectivity index (χ3n) is 4.63. The van der Waals surface area contributed by atoms with Crippen LogP contribution < -0.4 is 10.2 Å². The van der Waals surface area contributed by atoms with E-state index in [2.05, 4.69) is 5.32 Å². The van der Waals surface area contributed by atoms with Crippen LogP contribution in [0.4, 0.5) is 10.5 Å². The lowest BCUT2D eigenvalue weighted by Crippen LogP contribution is -2.54. The number of hydrogen-bond donors (Lipinski definition) is 1. The van der Waals surface area contributed by atoms with E-state index in [-0.39, 0.29) is 17.0 Å². The molecule has 0 spiro atoms. The normalized spacial score (nSPS) is 15.5. The second-order valence-corrected chi connectivity index (χ2v) is 7.97. The van der Waals surface area contributed by atoms with Gasteiger partial charge in [-0.15, -0.1) is 0 Å². The number of anilines is 1. The van der Waals surface area contributed by atoms with Crippen molar-refractivity contribution in [1.82, 2.24) is 5.32 Å². The first-order valence-electron chi connectivity index (χ1n) is 8.97. The van der Waals surface area contributed by atoms with Gasteiger partial charge in [-0.3, -0.25) is 14.9 Å². The molecule has 0 aliphatic carbocycles. The number of halogens is 3. The van der Waals surface area contributed by atoms with Crippen LogP contribution in [-0.4, -0.2) is 17.8 Å². The van der Waals surface area contributed by atoms with E-state index in [1.54, 1.807) is 49.4 Å². The van der Waals surface area contributed by atoms with Crippen molar-refractivity contribution in [3.05, 3.63) is 80.5 Å². The molecule has 4 rings (SSSR count). The maximum absolute atomic E-state index is 13.0. The van der Waals surface area contributed by atoms with Gasteiger partial charge in [-0.05, 0) is 61.0 Å². The Bertz CT molecular complexity index is 1280. The van der Waals surface area contributed by atoms with Crippen LogP contribution in [0.2, 0.25) is 15.1 Å². The Hall–Kier alpha value is -3.06. The summed E-state index contributed by atoms with van der Waals surface area (Å²) in [6, 6.07) is 12.0. The van der Waals surface area contributed by atoms with Crippen molar-refractivity contribution in [2.24, 2.45) is 0 Å². The van der Waals surface area contributed by atoms with Crippen LogP contribution in [0.5, 0.6) is 0 Å². The molecule has 0 bridgehead atoms. The average Bonchev–Trinajstić information content (AvgIpc) is 3.16. The quantitative estimate of drug-likeness (QED) is 0.379. The van der Waals surface area contributed by atoms with E-state index >= 15 is 0 Å². The minimum absolute atomic E-state index is 0.232. The van der Waals surface area contributed by atoms with Crippen LogP contribution in [0.3, 0.4) is 0 Å². The van der Waals surface area contributed by atoms with Crippen LogP contribution >= 0.6 is 34.8 Å². The average molecular weight is 476 g/mol. The number of aryl methyl sites for hydroxylation is 1. The number of imide groups is 2. The molecule has 1 fully saturated rings. The van der Waals surface area contributed by atoms with Crippen molar-refractivity contribution < 1.29 is 18.8 Å². The van der Waals surface area contributed by atoms with Crippen molar-refractivity contribution in [3.63, 3.8) is 0 Å². The summed E-state index contributed by atoms with van der Waals surface area (Å²) < 4.78 is 5.73. The Balaban J connectivity index is 1.69. The SMILES string of the molecule is Cc1ccc(N2C(=O)NC(=O)/C(=C\c3ccc(-c4ccc(Cl)cc4Cl)o3)C2=O)cc1Cl. The molecule has 156 valence electrons. The first-order chi connectivity index (χ1) is 14.7. The fourth-order valence-electron chi connectivity index (χ4n) is 3.02. The molecule has 9 heteroatoms. The number of barbiturate groups is 1. The molecule has 4 amide bonds. The zero-order chi connectivity index (χ0) is 22.3. The fourth-order valence-corrected chi connectivity index (χ4v) is 3.70. The molecule has 31 heavy (non-hydrogen) atoms. The van der Waals surface area contributed by atoms with Gasteiger partial charge in [0.1, 0.15) is 17.1 Å². The van der Waals surface area contributed by atoms with Crippen molar-refractivity contribution in [3.8, 4) is 11.3 Å². The standard InChI is InChI=1S/C22H13Cl3N2O4/c1-11-2-4-13(9-17(11)24)27-21(29)16(20(28)26-22(27)30)10-14-5-7-19(31-14)15-6-3-12(23)8-18(15)25/h2-10H,1H3,(H,26,28,30)/b16-10+. The van der Waals surface area contributed by atoms with Gasteiger partial charge in [0.2, 0.25) is 0 Å². The number of furan rings is 1. The highest BCUT2D eigenvalue weighted by Crippen LogP contribution is 2.32. The lowest BCUT2D eigenvalue weighted by atomic mass is 10.1. The second-order valence-electron chi connectivity index (χ2n) is 6.72. The predicted molar refractivity (Wildman–Crippen MR) is 119 cm³/mol. The zero-order valence-electron chi connectivity index (χ0n) is 15.9. The molecule has 0 atom stereocenters. The van der Waals surface area contributed by atoms with Crippen LogP contribution in [-0.2, 0) is 9.59 Å². The lowest BCUT2D eigenvalue weighted by molar-refractivity contribution is -0.122. The van der Waals surface area contributed by atoms with E-state index in [1.165, 1.54) is 12.1 Å². The lowest BCUT2D eigenvalue weighted by Gasteiger charge is -2.26. The van der Waals surface area contributed by atoms with Crippen molar-refractivity contribution in [2.75, 3.05) is 4.90 Å². The van der Waals surface area contributed by atoms with Gasteiger partial charge in [0.05, 0.1) is 10.7 Å². The van der Waals surface area contributed by atoms with E-state index in [0.29, 0.717) is 26.4 Å². The Morgan fingerprint density at radius 2 is 1.71 bits per heavy atom. The molecule has 2 aromatic carbocycles. The third-order valence-corrected chi connectivity index (χ3v) is 5.58. The molecule has 6 nitrogen and oxygen atoms in total. The maximum Gasteiger partial charge on any atom is 0.335 e. The number of amides is 4. The van der Waals surface area contributed by atoms with Crippen molar-refractivity contribution >= 4 is 64.4 Å². The molecule has 3 aromatic rings. The van der Waals surface area contributed by atoms with Gasteiger partial charge >= 0.3 is 6.03 Å². The van der Waals surface area contributed by atoms with Crippen LogP contribution in [0, 0.1) is 6.92 Å². The smallest absolute Gasteiger partial charge is 0.335 e. The summed E-state index contributed by atoms with van der Waals surface area (Å²) >= 11 is 18.2. The summed E-state index contributed by atoms with van der Waals surface area (Å²) in [5.74, 6) is -0.964. The second kappa shape index (κ2) is 8.23. The zero-order valence-corrected chi connectivity index (χ0v) is 18.2. The first kappa shape index (κ1) is 21.2. The Kier molecular flexibility index (Phi) is 5.62. The van der Waals surface area contributed by atoms with Gasteiger partial charge in [0, 0.05) is 15.6 Å². The summed E-state index contributed by atoms with van der Waals surface area (Å²) in [4.78, 5) is 38.5. The number of benzene rings is 2. The molecule has 1 N–H and O–H groups in total. The molecule has 1 aromatic heterocycles. The number of urea groups is 1. The number of nitrogens with one attached hydrogen (secondary N) is 1. The minimum atomic E-state index is -0.861. The van der Waals surface area contributed by atoms with E-state index in [9.17, 15) is 14.4 Å². The van der Waals surface area contributed by atoms with E-state index < -0.39 is 17.8 Å². The molecule has 1 saturated heterocycles. The number of carbonyl (C=O) groups excluding carboxylic acids is 3. The number of nitrogens with zero attached hydrogens (tertiary/aromatic N) is 1. The highest BCUT2D eigenvalue weighted by atomic mass is 35.5. The first-order valence-corrected chi connectivity index (χ1v) is 10.1. The largest absolute Gasteiger partial charge is 0.457 e. The summed E-state index contributed by atoms with van der Waals surface area (Å²) in [6.45, 7) is 1.79. The minimum Gasteiger partial charge on any atom is -0.457 e. The van der Waals surface area contributed by atoms with Crippen LogP contribution in [0.15, 0.2) is 58.5 Å². The van der Waals surface area contributed by atoms with E-state index in [1.807, 2.05) is 0 Å². The maximum atomic E-state index is 13.0. The molecule has 1 aliphatic heterocycles. The van der Waals surface area contributed by atoms with Gasteiger partial charge in [-0.1, -0.05) is 40.9 Å². The number of rotatable bonds is 3. The number of carbonyl (C=O) groups is 3. The predicted octanol–water partition coefficient (Wildman–Crippen LogP) is 5.88. The summed E-state index contributed by atoms with van der Waals surface area (Å²) in [5.41, 5.74) is 1.36. The third kappa shape index (κ3) is 4.10. The molecular formula is C22H13Cl3N2O4. The topological polar surface area (TPSA) is 79.6 Å². The molecule has 2 heterocycles. The highest BCUT2D eigenvalue weighted by Gasteiger charge is 2.37. The van der Waals surface area contributed by atoms with Gasteiger partial charge in [-0.2, -0.15) is 0 Å². The van der Waals surface area contributed by atoms with Gasteiger partial charge in [0.25, 0.3) is 11.8 Å². The Morgan fingerprint density at radius 1 is 0.935 bits per heavy atom. The van der Waals surface area contributed by atoms with E-state index in [0.717, 1.165) is 10.5 Å². The summed E-state index contributed by atoms with van der Waals surface area (Å²) in [7, 11) is 0. The molecule has 0 radical (unpaired) electrons. The molecule has 0 saturated carbocycles.